The van der Waals surface area contributed by atoms with Gasteiger partial charge in [-0.05, 0) is 74.3 Å². The van der Waals surface area contributed by atoms with E-state index >= 15 is 0 Å². The molecule has 4 fully saturated rings. The third kappa shape index (κ3) is 5.06. The van der Waals surface area contributed by atoms with Crippen molar-refractivity contribution in [3.8, 4) is 0 Å². The molecule has 0 bridgehead atoms. The monoisotopic (exact) mass is 536 g/mol. The minimum Gasteiger partial charge on any atom is -0.356 e. The molecule has 4 amide bonds. The normalized spacial score (nSPS) is 24.6. The molecule has 10 heteroatoms. The summed E-state index contributed by atoms with van der Waals surface area (Å²) in [6, 6.07) is 7.81. The van der Waals surface area contributed by atoms with Gasteiger partial charge in [0, 0.05) is 29.7 Å². The standard InChI is InChI=1S/C28H32N4O5S/c33-23(26(36)30-18-5-6-18)19(13-17-7-11-29-24(17)34)31-25(35)20-15-28(8-9-28)10-12-32(20)27(37)22-14-16-3-1-2-4-21(16)38-22/h1-4,14,17-20H,5-13,15H2,(H,29,34)(H,30,36)(H,31,35). The van der Waals surface area contributed by atoms with Crippen LogP contribution >= 0.6 is 11.3 Å². The van der Waals surface area contributed by atoms with Crippen molar-refractivity contribution >= 4 is 50.8 Å². The van der Waals surface area contributed by atoms with Gasteiger partial charge in [0.25, 0.3) is 11.8 Å². The summed E-state index contributed by atoms with van der Waals surface area (Å²) in [5.74, 6) is -2.69. The number of thiophene rings is 1. The Morgan fingerprint density at radius 1 is 1.11 bits per heavy atom. The van der Waals surface area contributed by atoms with Gasteiger partial charge >= 0.3 is 0 Å². The zero-order valence-corrected chi connectivity index (χ0v) is 22.0. The van der Waals surface area contributed by atoms with Crippen molar-refractivity contribution in [1.82, 2.24) is 20.9 Å². The molecule has 1 spiro atoms. The fourth-order valence-electron chi connectivity index (χ4n) is 5.77. The predicted molar refractivity (Wildman–Crippen MR) is 141 cm³/mol. The van der Waals surface area contributed by atoms with Gasteiger partial charge in [0.1, 0.15) is 6.04 Å². The Hall–Kier alpha value is -3.27. The van der Waals surface area contributed by atoms with E-state index in [2.05, 4.69) is 16.0 Å². The lowest BCUT2D eigenvalue weighted by Crippen LogP contribution is -2.58. The predicted octanol–water partition coefficient (Wildman–Crippen LogP) is 2.14. The molecule has 1 aromatic heterocycles. The van der Waals surface area contributed by atoms with Crippen LogP contribution in [-0.2, 0) is 19.2 Å². The lowest BCUT2D eigenvalue weighted by Gasteiger charge is -2.39. The highest BCUT2D eigenvalue weighted by atomic mass is 32.1. The van der Waals surface area contributed by atoms with E-state index in [9.17, 15) is 24.0 Å². The summed E-state index contributed by atoms with van der Waals surface area (Å²) in [6.45, 7) is 0.978. The van der Waals surface area contributed by atoms with Gasteiger partial charge in [-0.3, -0.25) is 24.0 Å². The van der Waals surface area contributed by atoms with Crippen molar-refractivity contribution in [2.45, 2.75) is 69.5 Å². The number of amides is 4. The number of Topliss-reactive ketones (excluding diaryl/α,β-unsaturated/α-hetero) is 1. The number of carbonyl (C=O) groups is 5. The number of ketones is 1. The number of nitrogens with one attached hydrogen (secondary N) is 3. The summed E-state index contributed by atoms with van der Waals surface area (Å²) in [5, 5.41) is 9.26. The van der Waals surface area contributed by atoms with Gasteiger partial charge in [-0.15, -0.1) is 11.3 Å². The number of hydrogen-bond donors (Lipinski definition) is 3. The highest BCUT2D eigenvalue weighted by molar-refractivity contribution is 7.20. The summed E-state index contributed by atoms with van der Waals surface area (Å²) in [4.78, 5) is 67.7. The van der Waals surface area contributed by atoms with Crippen molar-refractivity contribution < 1.29 is 24.0 Å². The van der Waals surface area contributed by atoms with Gasteiger partial charge in [-0.2, -0.15) is 0 Å². The smallest absolute Gasteiger partial charge is 0.289 e. The van der Waals surface area contributed by atoms with E-state index in [0.29, 0.717) is 30.8 Å². The largest absolute Gasteiger partial charge is 0.356 e. The van der Waals surface area contributed by atoms with Gasteiger partial charge < -0.3 is 20.9 Å². The van der Waals surface area contributed by atoms with Crippen LogP contribution in [0.3, 0.4) is 0 Å². The summed E-state index contributed by atoms with van der Waals surface area (Å²) in [5.41, 5.74) is 0.0626. The van der Waals surface area contributed by atoms with E-state index in [1.165, 1.54) is 11.3 Å². The molecule has 0 radical (unpaired) electrons. The van der Waals surface area contributed by atoms with E-state index in [4.69, 9.17) is 0 Å². The molecule has 3 heterocycles. The maximum absolute atomic E-state index is 13.8. The van der Waals surface area contributed by atoms with Crippen LogP contribution in [0.15, 0.2) is 30.3 Å². The minimum atomic E-state index is -1.12. The maximum atomic E-state index is 13.8. The molecule has 2 saturated carbocycles. The number of benzene rings is 1. The number of piperidine rings is 1. The molecular formula is C28H32N4O5S. The lowest BCUT2D eigenvalue weighted by atomic mass is 9.86. The highest BCUT2D eigenvalue weighted by Gasteiger charge is 2.51. The Morgan fingerprint density at radius 2 is 1.89 bits per heavy atom. The Balaban J connectivity index is 1.23. The minimum absolute atomic E-state index is 0.0000669. The molecule has 38 heavy (non-hydrogen) atoms. The molecule has 3 N–H and O–H groups in total. The van der Waals surface area contributed by atoms with Crippen molar-refractivity contribution in [3.63, 3.8) is 0 Å². The van der Waals surface area contributed by atoms with Crippen LogP contribution in [0.1, 0.15) is 61.0 Å². The fourth-order valence-corrected chi connectivity index (χ4v) is 6.79. The first-order valence-electron chi connectivity index (χ1n) is 13.5. The van der Waals surface area contributed by atoms with Gasteiger partial charge in [0.2, 0.25) is 17.6 Å². The van der Waals surface area contributed by atoms with Crippen LogP contribution in [0.2, 0.25) is 0 Å². The molecule has 3 atom stereocenters. The van der Waals surface area contributed by atoms with Crippen LogP contribution < -0.4 is 16.0 Å². The first-order valence-corrected chi connectivity index (χ1v) is 14.4. The average molecular weight is 537 g/mol. The molecule has 6 rings (SSSR count). The molecule has 2 aliphatic heterocycles. The number of rotatable bonds is 8. The topological polar surface area (TPSA) is 125 Å². The summed E-state index contributed by atoms with van der Waals surface area (Å²) >= 11 is 1.41. The van der Waals surface area contributed by atoms with Crippen molar-refractivity contribution in [2.75, 3.05) is 13.1 Å². The summed E-state index contributed by atoms with van der Waals surface area (Å²) in [6.07, 6.45) is 5.71. The van der Waals surface area contributed by atoms with Crippen LogP contribution in [0, 0.1) is 11.3 Å². The fraction of sp³-hybridized carbons (Fsp3) is 0.536. The molecule has 2 saturated heterocycles. The van der Waals surface area contributed by atoms with Crippen LogP contribution in [-0.4, -0.2) is 65.5 Å². The summed E-state index contributed by atoms with van der Waals surface area (Å²) in [7, 11) is 0. The number of hydrogen-bond acceptors (Lipinski definition) is 6. The SMILES string of the molecule is O=C(NC1CC1)C(=O)C(CC1CCNC1=O)NC(=O)C1CC2(CCN1C(=O)c1cc3ccccc3s1)CC2. The quantitative estimate of drug-likeness (QED) is 0.446. The molecule has 2 aromatic rings. The molecule has 1 aromatic carbocycles. The van der Waals surface area contributed by atoms with Crippen LogP contribution in [0.5, 0.6) is 0 Å². The number of nitrogens with zero attached hydrogens (tertiary/aromatic N) is 1. The Bertz CT molecular complexity index is 1280. The lowest BCUT2D eigenvalue weighted by molar-refractivity contribution is -0.141. The first kappa shape index (κ1) is 25.0. The molecule has 3 unspecified atom stereocenters. The Kier molecular flexibility index (Phi) is 6.45. The summed E-state index contributed by atoms with van der Waals surface area (Å²) < 4.78 is 1.01. The van der Waals surface area contributed by atoms with Gasteiger partial charge in [-0.25, -0.2) is 0 Å². The average Bonchev–Trinajstić information content (AvgIpc) is 3.80. The second-order valence-electron chi connectivity index (χ2n) is 11.3. The van der Waals surface area contributed by atoms with Gasteiger partial charge in [-0.1, -0.05) is 18.2 Å². The van der Waals surface area contributed by atoms with E-state index < -0.39 is 35.6 Å². The van der Waals surface area contributed by atoms with E-state index in [1.54, 1.807) is 4.90 Å². The molecule has 200 valence electrons. The van der Waals surface area contributed by atoms with E-state index in [1.807, 2.05) is 30.3 Å². The molecule has 9 nitrogen and oxygen atoms in total. The highest BCUT2D eigenvalue weighted by Crippen LogP contribution is 2.55. The first-order chi connectivity index (χ1) is 18.3. The zero-order valence-electron chi connectivity index (χ0n) is 21.2. The van der Waals surface area contributed by atoms with E-state index in [0.717, 1.165) is 42.2 Å². The molecular weight excluding hydrogens is 504 g/mol. The third-order valence-electron chi connectivity index (χ3n) is 8.49. The van der Waals surface area contributed by atoms with E-state index in [-0.39, 0.29) is 29.7 Å². The van der Waals surface area contributed by atoms with Crippen molar-refractivity contribution in [2.24, 2.45) is 11.3 Å². The molecule has 4 aliphatic rings. The van der Waals surface area contributed by atoms with Crippen molar-refractivity contribution in [3.05, 3.63) is 35.2 Å². The van der Waals surface area contributed by atoms with Gasteiger partial charge in [0.15, 0.2) is 0 Å². The Labute approximate surface area is 224 Å². The number of fused-ring (bicyclic) bond motifs is 1. The zero-order chi connectivity index (χ0) is 26.4. The number of likely N-dealkylation sites (tertiary alicyclic amines) is 1. The van der Waals surface area contributed by atoms with Crippen LogP contribution in [0.4, 0.5) is 0 Å². The van der Waals surface area contributed by atoms with Crippen LogP contribution in [0.25, 0.3) is 10.1 Å². The third-order valence-corrected chi connectivity index (χ3v) is 9.60. The second kappa shape index (κ2) is 9.80. The number of carbonyl (C=O) groups excluding carboxylic acids is 5. The van der Waals surface area contributed by atoms with Gasteiger partial charge in [0.05, 0.1) is 10.9 Å². The van der Waals surface area contributed by atoms with Crippen molar-refractivity contribution in [1.29, 1.82) is 0 Å². The molecule has 2 aliphatic carbocycles. The second-order valence-corrected chi connectivity index (χ2v) is 12.4. The maximum Gasteiger partial charge on any atom is 0.289 e. The Morgan fingerprint density at radius 3 is 2.58 bits per heavy atom.